The number of nitrogens with zero attached hydrogens (tertiary/aromatic N) is 1. The zero-order valence-corrected chi connectivity index (χ0v) is 13.8. The summed E-state index contributed by atoms with van der Waals surface area (Å²) in [5.74, 6) is 0.494. The van der Waals surface area contributed by atoms with E-state index in [0.717, 1.165) is 43.4 Å². The van der Waals surface area contributed by atoms with E-state index in [-0.39, 0.29) is 5.97 Å². The molecule has 0 atom stereocenters. The van der Waals surface area contributed by atoms with Gasteiger partial charge in [0.25, 0.3) is 0 Å². The zero-order valence-electron chi connectivity index (χ0n) is 13.8. The quantitative estimate of drug-likeness (QED) is 0.322. The van der Waals surface area contributed by atoms with Crippen LogP contribution in [0.4, 0.5) is 0 Å². The Bertz CT molecular complexity index is 478. The maximum Gasteiger partial charge on any atom is 0.305 e. The average molecular weight is 305 g/mol. The number of methoxy groups -OCH3 is 1. The van der Waals surface area contributed by atoms with E-state index < -0.39 is 0 Å². The van der Waals surface area contributed by atoms with E-state index in [2.05, 4.69) is 23.7 Å². The second-order valence-corrected chi connectivity index (χ2v) is 5.96. The van der Waals surface area contributed by atoms with Gasteiger partial charge in [-0.25, -0.2) is 0 Å². The van der Waals surface area contributed by atoms with Crippen LogP contribution in [0.5, 0.6) is 0 Å². The lowest BCUT2D eigenvalue weighted by atomic mass is 9.99. The molecule has 1 aromatic rings. The highest BCUT2D eigenvalue weighted by Gasteiger charge is 2.06. The normalized spacial score (nSPS) is 11.7. The third-order valence-electron chi connectivity index (χ3n) is 3.68. The fraction of sp³-hybridized carbons (Fsp3) is 0.556. The topological polar surface area (TPSA) is 58.9 Å². The van der Waals surface area contributed by atoms with E-state index in [1.54, 1.807) is 0 Å². The summed E-state index contributed by atoms with van der Waals surface area (Å²) in [7, 11) is 1.41. The first-order chi connectivity index (χ1) is 10.6. The number of hydrogen-bond acceptors (Lipinski definition) is 4. The van der Waals surface area contributed by atoms with Crippen molar-refractivity contribution < 1.29 is 14.7 Å². The molecule has 0 fully saturated rings. The van der Waals surface area contributed by atoms with Crippen LogP contribution in [0.15, 0.2) is 29.4 Å². The average Bonchev–Trinajstić information content (AvgIpc) is 2.52. The summed E-state index contributed by atoms with van der Waals surface area (Å²) in [4.78, 5) is 11.1. The second-order valence-electron chi connectivity index (χ2n) is 5.96. The van der Waals surface area contributed by atoms with Crippen LogP contribution >= 0.6 is 0 Å². The van der Waals surface area contributed by atoms with Gasteiger partial charge in [-0.3, -0.25) is 4.79 Å². The molecule has 0 saturated heterocycles. The molecule has 122 valence electrons. The fourth-order valence-corrected chi connectivity index (χ4v) is 2.33. The number of esters is 1. The second kappa shape index (κ2) is 9.98. The maximum atomic E-state index is 11.1. The van der Waals surface area contributed by atoms with Gasteiger partial charge in [0.15, 0.2) is 0 Å². The summed E-state index contributed by atoms with van der Waals surface area (Å²) in [6.07, 6.45) is 5.01. The molecular formula is C18H27NO3. The molecule has 4 nitrogen and oxygen atoms in total. The predicted octanol–water partition coefficient (Wildman–Crippen LogP) is 4.19. The molecule has 0 aliphatic heterocycles. The number of carbonyl (C=O) groups excluding carboxylic acids is 1. The highest BCUT2D eigenvalue weighted by Crippen LogP contribution is 2.14. The molecular weight excluding hydrogens is 278 g/mol. The molecule has 0 bridgehead atoms. The monoisotopic (exact) mass is 305 g/mol. The van der Waals surface area contributed by atoms with Crippen LogP contribution in [0, 0.1) is 5.92 Å². The third kappa shape index (κ3) is 6.74. The summed E-state index contributed by atoms with van der Waals surface area (Å²) < 4.78 is 4.63. The van der Waals surface area contributed by atoms with Gasteiger partial charge >= 0.3 is 5.97 Å². The van der Waals surface area contributed by atoms with Crippen molar-refractivity contribution in [2.75, 3.05) is 7.11 Å². The van der Waals surface area contributed by atoms with E-state index in [9.17, 15) is 10.0 Å². The molecule has 1 aromatic carbocycles. The van der Waals surface area contributed by atoms with Gasteiger partial charge in [0, 0.05) is 6.42 Å². The van der Waals surface area contributed by atoms with Crippen LogP contribution in [-0.4, -0.2) is 24.0 Å². The Morgan fingerprint density at radius 3 is 2.41 bits per heavy atom. The van der Waals surface area contributed by atoms with Crippen LogP contribution in [-0.2, 0) is 16.0 Å². The minimum Gasteiger partial charge on any atom is -0.469 e. The summed E-state index contributed by atoms with van der Waals surface area (Å²) in [5.41, 5.74) is 2.87. The summed E-state index contributed by atoms with van der Waals surface area (Å²) >= 11 is 0. The highest BCUT2D eigenvalue weighted by atomic mass is 16.5. The lowest BCUT2D eigenvalue weighted by molar-refractivity contribution is -0.140. The molecule has 4 heteroatoms. The van der Waals surface area contributed by atoms with Gasteiger partial charge in [0.1, 0.15) is 0 Å². The molecule has 0 aliphatic carbocycles. The summed E-state index contributed by atoms with van der Waals surface area (Å²) in [6.45, 7) is 4.39. The molecule has 0 amide bonds. The van der Waals surface area contributed by atoms with E-state index in [4.69, 9.17) is 0 Å². The Labute approximate surface area is 133 Å². The molecule has 0 unspecified atom stereocenters. The Hall–Kier alpha value is -1.84. The smallest absolute Gasteiger partial charge is 0.305 e. The number of ether oxygens (including phenoxy) is 1. The summed E-state index contributed by atoms with van der Waals surface area (Å²) in [5, 5.41) is 12.6. The molecule has 0 saturated carbocycles. The van der Waals surface area contributed by atoms with Crippen LogP contribution in [0.25, 0.3) is 0 Å². The number of aryl methyl sites for hydroxylation is 1. The van der Waals surface area contributed by atoms with E-state index in [0.29, 0.717) is 12.3 Å². The number of rotatable bonds is 9. The first kappa shape index (κ1) is 18.2. The Balaban J connectivity index is 2.50. The molecule has 22 heavy (non-hydrogen) atoms. The van der Waals surface area contributed by atoms with Gasteiger partial charge < -0.3 is 9.94 Å². The zero-order chi connectivity index (χ0) is 16.4. The highest BCUT2D eigenvalue weighted by molar-refractivity contribution is 6.00. The van der Waals surface area contributed by atoms with Crippen molar-refractivity contribution in [1.82, 2.24) is 0 Å². The first-order valence-electron chi connectivity index (χ1n) is 7.94. The van der Waals surface area contributed by atoms with Crippen molar-refractivity contribution in [2.24, 2.45) is 11.1 Å². The molecule has 0 spiro atoms. The largest absolute Gasteiger partial charge is 0.469 e. The Kier molecular flexibility index (Phi) is 8.26. The first-order valence-corrected chi connectivity index (χ1v) is 7.94. The van der Waals surface area contributed by atoms with Gasteiger partial charge in [0.05, 0.1) is 12.8 Å². The van der Waals surface area contributed by atoms with Gasteiger partial charge in [-0.15, -0.1) is 0 Å². The molecule has 1 rings (SSSR count). The standard InChI is InChI=1S/C18H27NO3/c1-14(2)6-4-8-17(19-21)16-12-10-15(11-13-16)7-5-9-18(20)22-3/h10-14,21H,4-9H2,1-3H3/b19-17+. The summed E-state index contributed by atoms with van der Waals surface area (Å²) in [6, 6.07) is 8.02. The third-order valence-corrected chi connectivity index (χ3v) is 3.68. The molecule has 0 radical (unpaired) electrons. The molecule has 0 aromatic heterocycles. The molecule has 0 aliphatic rings. The minimum absolute atomic E-state index is 0.170. The van der Waals surface area contributed by atoms with Crippen molar-refractivity contribution in [3.8, 4) is 0 Å². The number of oxime groups is 1. The van der Waals surface area contributed by atoms with Crippen molar-refractivity contribution >= 4 is 11.7 Å². The van der Waals surface area contributed by atoms with Crippen LogP contribution < -0.4 is 0 Å². The fourth-order valence-electron chi connectivity index (χ4n) is 2.33. The van der Waals surface area contributed by atoms with Gasteiger partial charge in [0.2, 0.25) is 0 Å². The number of hydrogen-bond donors (Lipinski definition) is 1. The van der Waals surface area contributed by atoms with Crippen LogP contribution in [0.3, 0.4) is 0 Å². The van der Waals surface area contributed by atoms with Gasteiger partial charge in [-0.05, 0) is 42.7 Å². The lowest BCUT2D eigenvalue weighted by Gasteiger charge is -2.08. The number of benzene rings is 1. The Morgan fingerprint density at radius 2 is 1.86 bits per heavy atom. The maximum absolute atomic E-state index is 11.1. The lowest BCUT2D eigenvalue weighted by Crippen LogP contribution is -2.03. The SMILES string of the molecule is COC(=O)CCCc1ccc(/C(CCCC(C)C)=N/O)cc1. The van der Waals surface area contributed by atoms with Gasteiger partial charge in [-0.1, -0.05) is 49.7 Å². The van der Waals surface area contributed by atoms with E-state index >= 15 is 0 Å². The van der Waals surface area contributed by atoms with Crippen molar-refractivity contribution in [2.45, 2.75) is 52.4 Å². The van der Waals surface area contributed by atoms with E-state index in [1.807, 2.05) is 24.3 Å². The van der Waals surface area contributed by atoms with E-state index in [1.165, 1.54) is 12.7 Å². The van der Waals surface area contributed by atoms with Crippen LogP contribution in [0.2, 0.25) is 0 Å². The minimum atomic E-state index is -0.170. The Morgan fingerprint density at radius 1 is 1.18 bits per heavy atom. The van der Waals surface area contributed by atoms with Crippen molar-refractivity contribution in [1.29, 1.82) is 0 Å². The van der Waals surface area contributed by atoms with Crippen molar-refractivity contribution in [3.63, 3.8) is 0 Å². The predicted molar refractivity (Wildman–Crippen MR) is 88.4 cm³/mol. The molecule has 0 heterocycles. The molecule has 1 N–H and O–H groups in total. The van der Waals surface area contributed by atoms with Crippen molar-refractivity contribution in [3.05, 3.63) is 35.4 Å². The van der Waals surface area contributed by atoms with Crippen LogP contribution in [0.1, 0.15) is 57.1 Å². The number of carbonyl (C=O) groups is 1. The van der Waals surface area contributed by atoms with Gasteiger partial charge in [-0.2, -0.15) is 0 Å².